The zero-order chi connectivity index (χ0) is 14.0. The number of nitriles is 1. The van der Waals surface area contributed by atoms with E-state index in [2.05, 4.69) is 58.0 Å². The van der Waals surface area contributed by atoms with E-state index in [0.717, 1.165) is 25.8 Å². The second-order valence-electron chi connectivity index (χ2n) is 6.83. The molecule has 104 valence electrons. The number of rotatable bonds is 4. The smallest absolute Gasteiger partial charge is 0.108 e. The largest absolute Gasteiger partial charge is 0.300 e. The highest BCUT2D eigenvalue weighted by Gasteiger charge is 2.42. The van der Waals surface area contributed by atoms with Crippen LogP contribution in [0.5, 0.6) is 0 Å². The highest BCUT2D eigenvalue weighted by molar-refractivity contribution is 5.13. The molecule has 1 aliphatic carbocycles. The lowest BCUT2D eigenvalue weighted by Gasteiger charge is -2.39. The third-order valence-electron chi connectivity index (χ3n) is 4.66. The van der Waals surface area contributed by atoms with Crippen molar-refractivity contribution in [1.29, 1.82) is 5.26 Å². The Hall–Kier alpha value is -0.590. The van der Waals surface area contributed by atoms with Gasteiger partial charge in [0.05, 0.1) is 6.07 Å². The number of nitrogens with one attached hydrogen (secondary N) is 1. The molecular weight excluding hydrogens is 222 g/mol. The molecule has 0 saturated heterocycles. The van der Waals surface area contributed by atoms with Crippen LogP contribution in [0.4, 0.5) is 0 Å². The first-order valence-corrected chi connectivity index (χ1v) is 7.14. The second kappa shape index (κ2) is 5.59. The summed E-state index contributed by atoms with van der Waals surface area (Å²) in [7, 11) is 2.21. The summed E-state index contributed by atoms with van der Waals surface area (Å²) in [6.07, 6.45) is 3.05. The predicted octanol–water partition coefficient (Wildman–Crippen LogP) is 2.78. The predicted molar refractivity (Wildman–Crippen MR) is 76.3 cm³/mol. The quantitative estimate of drug-likeness (QED) is 0.835. The van der Waals surface area contributed by atoms with Crippen molar-refractivity contribution in [1.82, 2.24) is 10.2 Å². The summed E-state index contributed by atoms with van der Waals surface area (Å²) < 4.78 is 0. The minimum absolute atomic E-state index is 0.283. The zero-order valence-electron chi connectivity index (χ0n) is 12.9. The molecule has 3 unspecified atom stereocenters. The molecule has 3 nitrogen and oxygen atoms in total. The van der Waals surface area contributed by atoms with Gasteiger partial charge in [0.1, 0.15) is 5.54 Å². The first-order valence-electron chi connectivity index (χ1n) is 7.14. The molecular formula is C15H29N3. The standard InChI is InChI=1S/C15H29N3/c1-7-17-15(11-16)9-8-13(10-15)18(6)12(2)14(3,4)5/h12-13,17H,7-10H2,1-6H3. The average molecular weight is 251 g/mol. The fourth-order valence-corrected chi connectivity index (χ4v) is 2.93. The molecule has 0 radical (unpaired) electrons. The van der Waals surface area contributed by atoms with Crippen LogP contribution in [0.1, 0.15) is 53.9 Å². The van der Waals surface area contributed by atoms with Crippen molar-refractivity contribution >= 4 is 0 Å². The molecule has 0 aromatic carbocycles. The van der Waals surface area contributed by atoms with Crippen LogP contribution in [-0.4, -0.2) is 36.1 Å². The maximum atomic E-state index is 9.41. The molecule has 0 aromatic heterocycles. The van der Waals surface area contributed by atoms with Crippen LogP contribution in [0.15, 0.2) is 0 Å². The summed E-state index contributed by atoms with van der Waals surface area (Å²) in [5, 5.41) is 12.8. The number of hydrogen-bond acceptors (Lipinski definition) is 3. The van der Waals surface area contributed by atoms with E-state index in [1.165, 1.54) is 0 Å². The van der Waals surface area contributed by atoms with Crippen LogP contribution < -0.4 is 5.32 Å². The molecule has 0 heterocycles. The zero-order valence-corrected chi connectivity index (χ0v) is 12.9. The number of hydrogen-bond donors (Lipinski definition) is 1. The highest BCUT2D eigenvalue weighted by Crippen LogP contribution is 2.35. The van der Waals surface area contributed by atoms with Crippen LogP contribution in [0.2, 0.25) is 0 Å². The van der Waals surface area contributed by atoms with E-state index in [4.69, 9.17) is 0 Å². The van der Waals surface area contributed by atoms with E-state index in [-0.39, 0.29) is 11.0 Å². The maximum absolute atomic E-state index is 9.41. The lowest BCUT2D eigenvalue weighted by Crippen LogP contribution is -2.47. The molecule has 1 fully saturated rings. The Balaban J connectivity index is 2.69. The summed E-state index contributed by atoms with van der Waals surface area (Å²) in [5.41, 5.74) is -0.00386. The van der Waals surface area contributed by atoms with Gasteiger partial charge < -0.3 is 4.90 Å². The average Bonchev–Trinajstić information content (AvgIpc) is 2.71. The summed E-state index contributed by atoms with van der Waals surface area (Å²) in [6.45, 7) is 12.1. The van der Waals surface area contributed by atoms with Crippen LogP contribution >= 0.6 is 0 Å². The summed E-state index contributed by atoms with van der Waals surface area (Å²) >= 11 is 0. The first kappa shape index (κ1) is 15.5. The Morgan fingerprint density at radius 1 is 1.50 bits per heavy atom. The van der Waals surface area contributed by atoms with Crippen LogP contribution in [0.25, 0.3) is 0 Å². The molecule has 0 amide bonds. The normalized spacial score (nSPS) is 30.4. The van der Waals surface area contributed by atoms with Gasteiger partial charge in [-0.2, -0.15) is 5.26 Å². The Morgan fingerprint density at radius 3 is 2.56 bits per heavy atom. The fourth-order valence-electron chi connectivity index (χ4n) is 2.93. The lowest BCUT2D eigenvalue weighted by molar-refractivity contribution is 0.0968. The van der Waals surface area contributed by atoms with E-state index in [0.29, 0.717) is 12.1 Å². The molecule has 0 aromatic rings. The molecule has 0 bridgehead atoms. The van der Waals surface area contributed by atoms with E-state index in [1.54, 1.807) is 0 Å². The summed E-state index contributed by atoms with van der Waals surface area (Å²) in [5.74, 6) is 0. The molecule has 0 aliphatic heterocycles. The third kappa shape index (κ3) is 3.24. The monoisotopic (exact) mass is 251 g/mol. The van der Waals surface area contributed by atoms with Gasteiger partial charge in [0, 0.05) is 12.1 Å². The fraction of sp³-hybridized carbons (Fsp3) is 0.933. The molecule has 0 spiro atoms. The Bertz CT molecular complexity index is 313. The minimum atomic E-state index is -0.286. The molecule has 1 rings (SSSR count). The van der Waals surface area contributed by atoms with Crippen molar-refractivity contribution in [3.05, 3.63) is 0 Å². The Labute approximate surface area is 113 Å². The lowest BCUT2D eigenvalue weighted by atomic mass is 9.86. The van der Waals surface area contributed by atoms with Crippen molar-refractivity contribution in [3.8, 4) is 6.07 Å². The molecule has 1 aliphatic rings. The van der Waals surface area contributed by atoms with Gasteiger partial charge in [-0.15, -0.1) is 0 Å². The Kier molecular flexibility index (Phi) is 4.80. The SMILES string of the molecule is CCNC1(C#N)CCC(N(C)C(C)C(C)(C)C)C1. The molecule has 1 saturated carbocycles. The van der Waals surface area contributed by atoms with Gasteiger partial charge in [-0.3, -0.25) is 5.32 Å². The first-order chi connectivity index (χ1) is 8.25. The van der Waals surface area contributed by atoms with Gasteiger partial charge in [-0.05, 0) is 45.2 Å². The van der Waals surface area contributed by atoms with Gasteiger partial charge in [-0.25, -0.2) is 0 Å². The van der Waals surface area contributed by atoms with Crippen molar-refractivity contribution < 1.29 is 0 Å². The number of nitrogens with zero attached hydrogens (tertiary/aromatic N) is 2. The van der Waals surface area contributed by atoms with E-state index >= 15 is 0 Å². The third-order valence-corrected chi connectivity index (χ3v) is 4.66. The van der Waals surface area contributed by atoms with E-state index < -0.39 is 0 Å². The van der Waals surface area contributed by atoms with Crippen molar-refractivity contribution in [2.24, 2.45) is 5.41 Å². The molecule has 18 heavy (non-hydrogen) atoms. The minimum Gasteiger partial charge on any atom is -0.300 e. The topological polar surface area (TPSA) is 39.1 Å². The second-order valence-corrected chi connectivity index (χ2v) is 6.83. The van der Waals surface area contributed by atoms with Crippen molar-refractivity contribution in [2.45, 2.75) is 71.5 Å². The van der Waals surface area contributed by atoms with Gasteiger partial charge in [-0.1, -0.05) is 27.7 Å². The summed E-state index contributed by atoms with van der Waals surface area (Å²) in [6, 6.07) is 3.56. The Morgan fingerprint density at radius 2 is 2.11 bits per heavy atom. The van der Waals surface area contributed by atoms with Gasteiger partial charge in [0.25, 0.3) is 0 Å². The highest BCUT2D eigenvalue weighted by atomic mass is 15.2. The molecule has 1 N–H and O–H groups in total. The van der Waals surface area contributed by atoms with Crippen LogP contribution in [-0.2, 0) is 0 Å². The summed E-state index contributed by atoms with van der Waals surface area (Å²) in [4.78, 5) is 2.47. The van der Waals surface area contributed by atoms with Crippen molar-refractivity contribution in [2.75, 3.05) is 13.6 Å². The van der Waals surface area contributed by atoms with Gasteiger partial charge in [0.2, 0.25) is 0 Å². The molecule has 3 heteroatoms. The maximum Gasteiger partial charge on any atom is 0.108 e. The van der Waals surface area contributed by atoms with E-state index in [1.807, 2.05) is 0 Å². The van der Waals surface area contributed by atoms with Crippen LogP contribution in [0, 0.1) is 16.7 Å². The van der Waals surface area contributed by atoms with Gasteiger partial charge in [0.15, 0.2) is 0 Å². The molecule has 3 atom stereocenters. The van der Waals surface area contributed by atoms with E-state index in [9.17, 15) is 5.26 Å². The van der Waals surface area contributed by atoms with Gasteiger partial charge >= 0.3 is 0 Å². The van der Waals surface area contributed by atoms with Crippen molar-refractivity contribution in [3.63, 3.8) is 0 Å². The van der Waals surface area contributed by atoms with Crippen LogP contribution in [0.3, 0.4) is 0 Å².